The number of nitrogens with one attached hydrogen (secondary N) is 1. The van der Waals surface area contributed by atoms with Crippen LogP contribution in [0.4, 0.5) is 0 Å². The first-order chi connectivity index (χ1) is 7.95. The Balaban J connectivity index is 0.00000108. The van der Waals surface area contributed by atoms with Gasteiger partial charge in [0.15, 0.2) is 11.5 Å². The lowest BCUT2D eigenvalue weighted by atomic mass is 10.0. The van der Waals surface area contributed by atoms with Crippen LogP contribution in [0.1, 0.15) is 11.6 Å². The lowest BCUT2D eigenvalue weighted by molar-refractivity contribution is 0.0745. The van der Waals surface area contributed by atoms with Crippen molar-refractivity contribution < 1.29 is 14.2 Å². The highest BCUT2D eigenvalue weighted by Gasteiger charge is 2.23. The summed E-state index contributed by atoms with van der Waals surface area (Å²) in [5.41, 5.74) is 1.14. The number of morpholine rings is 1. The zero-order valence-electron chi connectivity index (χ0n) is 9.48. The second-order valence-electron chi connectivity index (χ2n) is 3.95. The van der Waals surface area contributed by atoms with E-state index in [1.807, 2.05) is 12.1 Å². The van der Waals surface area contributed by atoms with Gasteiger partial charge >= 0.3 is 0 Å². The van der Waals surface area contributed by atoms with Crippen molar-refractivity contribution in [2.45, 2.75) is 6.04 Å². The summed E-state index contributed by atoms with van der Waals surface area (Å²) in [7, 11) is 0. The number of fused-ring (bicyclic) bond motifs is 1. The Bertz CT molecular complexity index is 380. The Morgan fingerprint density at radius 3 is 2.82 bits per heavy atom. The van der Waals surface area contributed by atoms with Gasteiger partial charge in [0.25, 0.3) is 0 Å². The molecule has 5 heteroatoms. The molecule has 0 spiro atoms. The van der Waals surface area contributed by atoms with Gasteiger partial charge in [-0.25, -0.2) is 0 Å². The molecule has 0 bridgehead atoms. The highest BCUT2D eigenvalue weighted by atomic mass is 35.5. The average Bonchev–Trinajstić information content (AvgIpc) is 2.39. The fourth-order valence-electron chi connectivity index (χ4n) is 2.14. The highest BCUT2D eigenvalue weighted by molar-refractivity contribution is 5.85. The lowest BCUT2D eigenvalue weighted by Gasteiger charge is -2.28. The number of halogens is 1. The first kappa shape index (κ1) is 12.5. The number of benzene rings is 1. The normalized spacial score (nSPS) is 22.7. The van der Waals surface area contributed by atoms with Crippen LogP contribution in [0.2, 0.25) is 0 Å². The zero-order valence-corrected chi connectivity index (χ0v) is 10.3. The predicted octanol–water partition coefficient (Wildman–Crippen LogP) is 1.54. The van der Waals surface area contributed by atoms with Crippen LogP contribution in [-0.2, 0) is 4.74 Å². The molecule has 0 amide bonds. The van der Waals surface area contributed by atoms with E-state index in [9.17, 15) is 0 Å². The molecule has 1 aromatic rings. The molecule has 0 aliphatic carbocycles. The molecule has 2 heterocycles. The van der Waals surface area contributed by atoms with E-state index in [-0.39, 0.29) is 18.4 Å². The van der Waals surface area contributed by atoms with Gasteiger partial charge in [0.05, 0.1) is 19.3 Å². The van der Waals surface area contributed by atoms with Crippen LogP contribution < -0.4 is 14.8 Å². The number of ether oxygens (including phenoxy) is 3. The van der Waals surface area contributed by atoms with E-state index in [0.717, 1.165) is 30.2 Å². The topological polar surface area (TPSA) is 39.7 Å². The maximum Gasteiger partial charge on any atom is 0.166 e. The van der Waals surface area contributed by atoms with Crippen LogP contribution in [0.25, 0.3) is 0 Å². The maximum absolute atomic E-state index is 5.69. The maximum atomic E-state index is 5.69. The monoisotopic (exact) mass is 257 g/mol. The van der Waals surface area contributed by atoms with Crippen LogP contribution >= 0.6 is 12.4 Å². The van der Waals surface area contributed by atoms with Crippen LogP contribution in [0.15, 0.2) is 18.2 Å². The summed E-state index contributed by atoms with van der Waals surface area (Å²) in [5, 5.41) is 3.42. The molecule has 1 atom stereocenters. The van der Waals surface area contributed by atoms with E-state index in [4.69, 9.17) is 14.2 Å². The first-order valence-electron chi connectivity index (χ1n) is 5.65. The molecule has 2 aliphatic rings. The molecule has 0 aromatic heterocycles. The molecule has 2 aliphatic heterocycles. The third-order valence-corrected chi connectivity index (χ3v) is 2.89. The van der Waals surface area contributed by atoms with E-state index in [0.29, 0.717) is 19.8 Å². The minimum Gasteiger partial charge on any atom is -0.486 e. The van der Waals surface area contributed by atoms with E-state index >= 15 is 0 Å². The second-order valence-corrected chi connectivity index (χ2v) is 3.95. The number of para-hydroxylation sites is 1. The molecule has 1 fully saturated rings. The molecule has 1 saturated heterocycles. The molecule has 1 aromatic carbocycles. The van der Waals surface area contributed by atoms with Gasteiger partial charge < -0.3 is 19.5 Å². The number of hydrogen-bond acceptors (Lipinski definition) is 4. The van der Waals surface area contributed by atoms with Crippen molar-refractivity contribution in [2.24, 2.45) is 0 Å². The van der Waals surface area contributed by atoms with Crippen molar-refractivity contribution in [3.8, 4) is 11.5 Å². The number of hydrogen-bond donors (Lipinski definition) is 1. The summed E-state index contributed by atoms with van der Waals surface area (Å²) >= 11 is 0. The van der Waals surface area contributed by atoms with Crippen molar-refractivity contribution in [1.82, 2.24) is 5.32 Å². The second kappa shape index (κ2) is 5.58. The van der Waals surface area contributed by atoms with Gasteiger partial charge in [0.1, 0.15) is 13.2 Å². The fraction of sp³-hybridized carbons (Fsp3) is 0.500. The van der Waals surface area contributed by atoms with Crippen molar-refractivity contribution in [3.05, 3.63) is 23.8 Å². The van der Waals surface area contributed by atoms with Gasteiger partial charge in [0.2, 0.25) is 0 Å². The minimum atomic E-state index is 0. The zero-order chi connectivity index (χ0) is 10.8. The summed E-state index contributed by atoms with van der Waals surface area (Å²) in [6.07, 6.45) is 0. The summed E-state index contributed by atoms with van der Waals surface area (Å²) in [5.74, 6) is 1.72. The Labute approximate surface area is 107 Å². The molecule has 0 radical (unpaired) electrons. The SMILES string of the molecule is Cl.c1cc2c(c([C@@H]3COCCN3)c1)OCCO2. The van der Waals surface area contributed by atoms with Crippen molar-refractivity contribution in [1.29, 1.82) is 0 Å². The van der Waals surface area contributed by atoms with E-state index < -0.39 is 0 Å². The summed E-state index contributed by atoms with van der Waals surface area (Å²) in [4.78, 5) is 0. The van der Waals surface area contributed by atoms with Gasteiger partial charge in [-0.05, 0) is 6.07 Å². The van der Waals surface area contributed by atoms with Gasteiger partial charge in [-0.15, -0.1) is 12.4 Å². The van der Waals surface area contributed by atoms with Crippen LogP contribution in [0.5, 0.6) is 11.5 Å². The van der Waals surface area contributed by atoms with Gasteiger partial charge in [0, 0.05) is 12.1 Å². The summed E-state index contributed by atoms with van der Waals surface area (Å²) in [6, 6.07) is 6.23. The molecule has 94 valence electrons. The van der Waals surface area contributed by atoms with Crippen LogP contribution in [-0.4, -0.2) is 33.0 Å². The third-order valence-electron chi connectivity index (χ3n) is 2.89. The molecule has 17 heavy (non-hydrogen) atoms. The smallest absolute Gasteiger partial charge is 0.166 e. The molecule has 0 saturated carbocycles. The van der Waals surface area contributed by atoms with Gasteiger partial charge in [-0.1, -0.05) is 12.1 Å². The van der Waals surface area contributed by atoms with Gasteiger partial charge in [-0.3, -0.25) is 0 Å². The largest absolute Gasteiger partial charge is 0.486 e. The standard InChI is InChI=1S/C12H15NO3.ClH/c1-2-9(10-8-14-5-4-13-10)12-11(3-1)15-6-7-16-12;/h1-3,10,13H,4-8H2;1H/t10-;/m0./s1. The minimum absolute atomic E-state index is 0. The fourth-order valence-corrected chi connectivity index (χ4v) is 2.14. The Morgan fingerprint density at radius 2 is 2.00 bits per heavy atom. The molecular formula is C12H16ClNO3. The summed E-state index contributed by atoms with van der Waals surface area (Å²) < 4.78 is 16.7. The predicted molar refractivity (Wildman–Crippen MR) is 66.2 cm³/mol. The molecule has 4 nitrogen and oxygen atoms in total. The average molecular weight is 258 g/mol. The first-order valence-corrected chi connectivity index (χ1v) is 5.65. The molecular weight excluding hydrogens is 242 g/mol. The van der Waals surface area contributed by atoms with Crippen molar-refractivity contribution >= 4 is 12.4 Å². The van der Waals surface area contributed by atoms with E-state index in [2.05, 4.69) is 11.4 Å². The van der Waals surface area contributed by atoms with Crippen LogP contribution in [0.3, 0.4) is 0 Å². The summed E-state index contributed by atoms with van der Waals surface area (Å²) in [6.45, 7) is 3.61. The Hall–Kier alpha value is -0.970. The lowest BCUT2D eigenvalue weighted by Crippen LogP contribution is -2.35. The Morgan fingerprint density at radius 1 is 1.12 bits per heavy atom. The Kier molecular flexibility index (Phi) is 4.10. The van der Waals surface area contributed by atoms with Crippen molar-refractivity contribution in [3.63, 3.8) is 0 Å². The van der Waals surface area contributed by atoms with Crippen LogP contribution in [0, 0.1) is 0 Å². The van der Waals surface area contributed by atoms with Crippen molar-refractivity contribution in [2.75, 3.05) is 33.0 Å². The highest BCUT2D eigenvalue weighted by Crippen LogP contribution is 2.37. The molecule has 0 unspecified atom stereocenters. The van der Waals surface area contributed by atoms with Gasteiger partial charge in [-0.2, -0.15) is 0 Å². The number of rotatable bonds is 1. The molecule has 1 N–H and O–H groups in total. The van der Waals surface area contributed by atoms with E-state index in [1.165, 1.54) is 0 Å². The van der Waals surface area contributed by atoms with E-state index in [1.54, 1.807) is 0 Å². The quantitative estimate of drug-likeness (QED) is 0.829. The third kappa shape index (κ3) is 2.49. The molecule has 3 rings (SSSR count).